The number of nitrogen functional groups attached to an aromatic ring is 1. The monoisotopic (exact) mass is 240 g/mol. The van der Waals surface area contributed by atoms with Gasteiger partial charge in [0.25, 0.3) is 0 Å². The summed E-state index contributed by atoms with van der Waals surface area (Å²) in [6.07, 6.45) is 0. The fourth-order valence-corrected chi connectivity index (χ4v) is 1.76. The SMILES string of the molecule is CN(C)c1ccc(C(=O)c2cccc(N)c2)cc1. The highest BCUT2D eigenvalue weighted by Gasteiger charge is 2.09. The molecule has 18 heavy (non-hydrogen) atoms. The highest BCUT2D eigenvalue weighted by atomic mass is 16.1. The number of nitrogens with zero attached hydrogens (tertiary/aromatic N) is 1. The van der Waals surface area contributed by atoms with Gasteiger partial charge in [-0.2, -0.15) is 0 Å². The lowest BCUT2D eigenvalue weighted by molar-refractivity contribution is 0.103. The fourth-order valence-electron chi connectivity index (χ4n) is 1.76. The Labute approximate surface area is 107 Å². The molecule has 0 unspecified atom stereocenters. The van der Waals surface area contributed by atoms with Crippen LogP contribution >= 0.6 is 0 Å². The average molecular weight is 240 g/mol. The van der Waals surface area contributed by atoms with E-state index >= 15 is 0 Å². The Bertz CT molecular complexity index is 559. The van der Waals surface area contributed by atoms with E-state index in [1.165, 1.54) is 0 Å². The summed E-state index contributed by atoms with van der Waals surface area (Å²) in [5.41, 5.74) is 8.64. The maximum absolute atomic E-state index is 12.2. The zero-order chi connectivity index (χ0) is 13.1. The molecule has 0 aliphatic heterocycles. The summed E-state index contributed by atoms with van der Waals surface area (Å²) in [5, 5.41) is 0. The van der Waals surface area contributed by atoms with E-state index < -0.39 is 0 Å². The molecule has 0 bridgehead atoms. The Hall–Kier alpha value is -2.29. The van der Waals surface area contributed by atoms with Crippen molar-refractivity contribution in [1.82, 2.24) is 0 Å². The highest BCUT2D eigenvalue weighted by Crippen LogP contribution is 2.16. The van der Waals surface area contributed by atoms with Crippen LogP contribution in [0.4, 0.5) is 11.4 Å². The Morgan fingerprint density at radius 1 is 1.00 bits per heavy atom. The van der Waals surface area contributed by atoms with Crippen molar-refractivity contribution in [1.29, 1.82) is 0 Å². The molecule has 2 aromatic rings. The highest BCUT2D eigenvalue weighted by molar-refractivity contribution is 6.09. The van der Waals surface area contributed by atoms with E-state index in [0.717, 1.165) is 5.69 Å². The normalized spacial score (nSPS) is 10.1. The Morgan fingerprint density at radius 2 is 1.67 bits per heavy atom. The molecular weight excluding hydrogens is 224 g/mol. The number of anilines is 2. The number of hydrogen-bond donors (Lipinski definition) is 1. The van der Waals surface area contributed by atoms with Crippen LogP contribution in [0.5, 0.6) is 0 Å². The van der Waals surface area contributed by atoms with Crippen LogP contribution in [0.25, 0.3) is 0 Å². The first-order valence-corrected chi connectivity index (χ1v) is 5.75. The van der Waals surface area contributed by atoms with Crippen molar-refractivity contribution >= 4 is 17.2 Å². The molecule has 0 aliphatic carbocycles. The van der Waals surface area contributed by atoms with Gasteiger partial charge in [-0.25, -0.2) is 0 Å². The van der Waals surface area contributed by atoms with Gasteiger partial charge < -0.3 is 10.6 Å². The second-order valence-electron chi connectivity index (χ2n) is 4.40. The molecule has 92 valence electrons. The van der Waals surface area contributed by atoms with E-state index in [0.29, 0.717) is 16.8 Å². The van der Waals surface area contributed by atoms with Gasteiger partial charge in [0.05, 0.1) is 0 Å². The summed E-state index contributed by atoms with van der Waals surface area (Å²) in [6, 6.07) is 14.6. The second-order valence-corrected chi connectivity index (χ2v) is 4.40. The van der Waals surface area contributed by atoms with Crippen molar-refractivity contribution in [3.05, 3.63) is 59.7 Å². The minimum absolute atomic E-state index is 0.00685. The van der Waals surface area contributed by atoms with Crippen LogP contribution in [0.3, 0.4) is 0 Å². The van der Waals surface area contributed by atoms with Gasteiger partial charge in [0, 0.05) is 36.6 Å². The van der Waals surface area contributed by atoms with Crippen LogP contribution in [0.1, 0.15) is 15.9 Å². The fraction of sp³-hybridized carbons (Fsp3) is 0.133. The molecule has 2 N–H and O–H groups in total. The van der Waals surface area contributed by atoms with Crippen LogP contribution in [-0.4, -0.2) is 19.9 Å². The molecular formula is C15H16N2O. The van der Waals surface area contributed by atoms with E-state index in [1.807, 2.05) is 43.3 Å². The molecule has 2 aromatic carbocycles. The molecule has 3 nitrogen and oxygen atoms in total. The predicted octanol–water partition coefficient (Wildman–Crippen LogP) is 2.57. The number of rotatable bonds is 3. The molecule has 0 heterocycles. The van der Waals surface area contributed by atoms with Gasteiger partial charge in [0.15, 0.2) is 5.78 Å². The average Bonchev–Trinajstić information content (AvgIpc) is 2.38. The third kappa shape index (κ3) is 2.51. The number of nitrogens with two attached hydrogens (primary N) is 1. The predicted molar refractivity (Wildman–Crippen MR) is 75.1 cm³/mol. The number of carbonyl (C=O) groups is 1. The van der Waals surface area contributed by atoms with Gasteiger partial charge in [-0.05, 0) is 36.4 Å². The molecule has 0 saturated heterocycles. The van der Waals surface area contributed by atoms with E-state index in [-0.39, 0.29) is 5.78 Å². The van der Waals surface area contributed by atoms with E-state index in [4.69, 9.17) is 5.73 Å². The largest absolute Gasteiger partial charge is 0.399 e. The summed E-state index contributed by atoms with van der Waals surface area (Å²) >= 11 is 0. The van der Waals surface area contributed by atoms with Crippen LogP contribution in [-0.2, 0) is 0 Å². The van der Waals surface area contributed by atoms with Crippen molar-refractivity contribution in [2.45, 2.75) is 0 Å². The molecule has 0 amide bonds. The molecule has 0 fully saturated rings. The standard InChI is InChI=1S/C15H16N2O/c1-17(2)14-8-6-11(7-9-14)15(18)12-4-3-5-13(16)10-12/h3-10H,16H2,1-2H3. The zero-order valence-electron chi connectivity index (χ0n) is 10.6. The van der Waals surface area contributed by atoms with Crippen LogP contribution in [0, 0.1) is 0 Å². The third-order valence-corrected chi connectivity index (χ3v) is 2.79. The van der Waals surface area contributed by atoms with Crippen molar-refractivity contribution in [2.24, 2.45) is 0 Å². The van der Waals surface area contributed by atoms with Crippen molar-refractivity contribution in [3.63, 3.8) is 0 Å². The lowest BCUT2D eigenvalue weighted by Gasteiger charge is -2.12. The Morgan fingerprint density at radius 3 is 2.22 bits per heavy atom. The molecule has 0 spiro atoms. The molecule has 0 aromatic heterocycles. The zero-order valence-corrected chi connectivity index (χ0v) is 10.6. The van der Waals surface area contributed by atoms with Crippen LogP contribution in [0.15, 0.2) is 48.5 Å². The summed E-state index contributed by atoms with van der Waals surface area (Å²) in [7, 11) is 3.93. The smallest absolute Gasteiger partial charge is 0.193 e. The minimum atomic E-state index is -0.00685. The molecule has 0 saturated carbocycles. The van der Waals surface area contributed by atoms with E-state index in [1.54, 1.807) is 24.3 Å². The number of hydrogen-bond acceptors (Lipinski definition) is 3. The molecule has 2 rings (SSSR count). The van der Waals surface area contributed by atoms with Crippen molar-refractivity contribution in [2.75, 3.05) is 24.7 Å². The first kappa shape index (κ1) is 12.2. The van der Waals surface area contributed by atoms with Gasteiger partial charge in [0.2, 0.25) is 0 Å². The van der Waals surface area contributed by atoms with Gasteiger partial charge >= 0.3 is 0 Å². The second kappa shape index (κ2) is 4.92. The summed E-state index contributed by atoms with van der Waals surface area (Å²) in [4.78, 5) is 14.2. The summed E-state index contributed by atoms with van der Waals surface area (Å²) in [5.74, 6) is -0.00685. The van der Waals surface area contributed by atoms with Crippen molar-refractivity contribution in [3.8, 4) is 0 Å². The maximum Gasteiger partial charge on any atom is 0.193 e. The summed E-state index contributed by atoms with van der Waals surface area (Å²) < 4.78 is 0. The third-order valence-electron chi connectivity index (χ3n) is 2.79. The van der Waals surface area contributed by atoms with Crippen LogP contribution < -0.4 is 10.6 Å². The molecule has 0 atom stereocenters. The van der Waals surface area contributed by atoms with Crippen molar-refractivity contribution < 1.29 is 4.79 Å². The first-order chi connectivity index (χ1) is 8.58. The maximum atomic E-state index is 12.2. The summed E-state index contributed by atoms with van der Waals surface area (Å²) in [6.45, 7) is 0. The quantitative estimate of drug-likeness (QED) is 0.662. The van der Waals surface area contributed by atoms with E-state index in [2.05, 4.69) is 0 Å². The number of ketones is 1. The lowest BCUT2D eigenvalue weighted by atomic mass is 10.0. The van der Waals surface area contributed by atoms with Gasteiger partial charge in [-0.1, -0.05) is 12.1 Å². The lowest BCUT2D eigenvalue weighted by Crippen LogP contribution is -2.09. The van der Waals surface area contributed by atoms with Crippen LogP contribution in [0.2, 0.25) is 0 Å². The first-order valence-electron chi connectivity index (χ1n) is 5.75. The van der Waals surface area contributed by atoms with E-state index in [9.17, 15) is 4.79 Å². The molecule has 0 aliphatic rings. The Kier molecular flexibility index (Phi) is 3.33. The minimum Gasteiger partial charge on any atom is -0.399 e. The van der Waals surface area contributed by atoms with Gasteiger partial charge in [-0.15, -0.1) is 0 Å². The number of benzene rings is 2. The number of carbonyl (C=O) groups excluding carboxylic acids is 1. The van der Waals surface area contributed by atoms with Gasteiger partial charge in [0.1, 0.15) is 0 Å². The van der Waals surface area contributed by atoms with Gasteiger partial charge in [-0.3, -0.25) is 4.79 Å². The Balaban J connectivity index is 2.29. The molecule has 3 heteroatoms. The topological polar surface area (TPSA) is 46.3 Å². The molecule has 0 radical (unpaired) electrons.